The molecule has 0 saturated carbocycles. The van der Waals surface area contributed by atoms with Gasteiger partial charge in [0.2, 0.25) is 0 Å². The number of hydrogen-bond donors (Lipinski definition) is 1. The third kappa shape index (κ3) is 2.00. The molecule has 0 aliphatic carbocycles. The number of nitrogen functional groups attached to an aromatic ring is 1. The summed E-state index contributed by atoms with van der Waals surface area (Å²) in [5.74, 6) is 1.05. The SMILES string of the molecule is Cc1nc(C)c(-c2onc(N)c2-c2ccncc2)s1. The van der Waals surface area contributed by atoms with Crippen molar-refractivity contribution in [2.75, 3.05) is 5.73 Å². The third-order valence-corrected chi connectivity index (χ3v) is 3.87. The molecule has 0 saturated heterocycles. The molecule has 5 nitrogen and oxygen atoms in total. The molecule has 3 aromatic heterocycles. The molecule has 0 aliphatic heterocycles. The summed E-state index contributed by atoms with van der Waals surface area (Å²) in [6, 6.07) is 3.77. The molecule has 2 N–H and O–H groups in total. The number of pyridine rings is 1. The van der Waals surface area contributed by atoms with Crippen LogP contribution >= 0.6 is 11.3 Å². The van der Waals surface area contributed by atoms with Gasteiger partial charge in [0, 0.05) is 12.4 Å². The molecular formula is C13H12N4OS. The smallest absolute Gasteiger partial charge is 0.188 e. The van der Waals surface area contributed by atoms with Crippen LogP contribution in [-0.4, -0.2) is 15.1 Å². The lowest BCUT2D eigenvalue weighted by molar-refractivity contribution is 0.436. The summed E-state index contributed by atoms with van der Waals surface area (Å²) >= 11 is 1.57. The van der Waals surface area contributed by atoms with E-state index in [9.17, 15) is 0 Å². The molecule has 96 valence electrons. The maximum atomic E-state index is 5.93. The van der Waals surface area contributed by atoms with Crippen molar-refractivity contribution in [2.24, 2.45) is 0 Å². The van der Waals surface area contributed by atoms with E-state index in [1.165, 1.54) is 0 Å². The Morgan fingerprint density at radius 3 is 2.58 bits per heavy atom. The Morgan fingerprint density at radius 1 is 1.21 bits per heavy atom. The van der Waals surface area contributed by atoms with Gasteiger partial charge in [0.05, 0.1) is 21.1 Å². The highest BCUT2D eigenvalue weighted by Crippen LogP contribution is 2.40. The van der Waals surface area contributed by atoms with Gasteiger partial charge in [-0.15, -0.1) is 11.3 Å². The fourth-order valence-electron chi connectivity index (χ4n) is 2.00. The summed E-state index contributed by atoms with van der Waals surface area (Å²) < 4.78 is 5.41. The maximum Gasteiger partial charge on any atom is 0.188 e. The van der Waals surface area contributed by atoms with Gasteiger partial charge in [-0.3, -0.25) is 4.98 Å². The number of aromatic nitrogens is 3. The molecule has 19 heavy (non-hydrogen) atoms. The van der Waals surface area contributed by atoms with Crippen LogP contribution in [0.15, 0.2) is 29.0 Å². The van der Waals surface area contributed by atoms with Gasteiger partial charge in [0.15, 0.2) is 11.6 Å². The first-order valence-corrected chi connectivity index (χ1v) is 6.58. The molecule has 0 bridgehead atoms. The standard InChI is InChI=1S/C13H12N4OS/c1-7-12(19-8(2)16-7)11-10(13(14)17-18-11)9-3-5-15-6-4-9/h3-6H,1-2H3,(H2,14,17). The first-order chi connectivity index (χ1) is 9.16. The maximum absolute atomic E-state index is 5.93. The number of rotatable bonds is 2. The van der Waals surface area contributed by atoms with Crippen molar-refractivity contribution in [3.63, 3.8) is 0 Å². The van der Waals surface area contributed by atoms with Crippen LogP contribution in [0.3, 0.4) is 0 Å². The predicted octanol–water partition coefficient (Wildman–Crippen LogP) is 3.06. The zero-order valence-corrected chi connectivity index (χ0v) is 11.4. The summed E-state index contributed by atoms with van der Waals surface area (Å²) in [5, 5.41) is 4.87. The molecular weight excluding hydrogens is 260 g/mol. The minimum Gasteiger partial charge on any atom is -0.380 e. The fraction of sp³-hybridized carbons (Fsp3) is 0.154. The van der Waals surface area contributed by atoms with Crippen LogP contribution in [0.25, 0.3) is 21.8 Å². The molecule has 0 fully saturated rings. The van der Waals surface area contributed by atoms with Crippen molar-refractivity contribution in [1.82, 2.24) is 15.1 Å². The molecule has 0 unspecified atom stereocenters. The molecule has 0 aromatic carbocycles. The first-order valence-electron chi connectivity index (χ1n) is 5.76. The molecule has 3 heterocycles. The van der Waals surface area contributed by atoms with Gasteiger partial charge in [0.1, 0.15) is 0 Å². The van der Waals surface area contributed by atoms with E-state index in [1.54, 1.807) is 23.7 Å². The molecule has 3 aromatic rings. The Hall–Kier alpha value is -2.21. The number of anilines is 1. The van der Waals surface area contributed by atoms with Gasteiger partial charge in [0.25, 0.3) is 0 Å². The summed E-state index contributed by atoms with van der Waals surface area (Å²) in [7, 11) is 0. The highest BCUT2D eigenvalue weighted by atomic mass is 32.1. The van der Waals surface area contributed by atoms with Crippen molar-refractivity contribution in [1.29, 1.82) is 0 Å². The Bertz CT molecular complexity index is 718. The Kier molecular flexibility index (Phi) is 2.79. The fourth-order valence-corrected chi connectivity index (χ4v) is 2.90. The summed E-state index contributed by atoms with van der Waals surface area (Å²) in [6.45, 7) is 3.92. The zero-order valence-electron chi connectivity index (χ0n) is 10.5. The van der Waals surface area contributed by atoms with E-state index >= 15 is 0 Å². The quantitative estimate of drug-likeness (QED) is 0.775. The molecule has 0 radical (unpaired) electrons. The van der Waals surface area contributed by atoms with Gasteiger partial charge in [-0.05, 0) is 31.5 Å². The average Bonchev–Trinajstić information content (AvgIpc) is 2.93. The van der Waals surface area contributed by atoms with Gasteiger partial charge in [-0.1, -0.05) is 5.16 Å². The van der Waals surface area contributed by atoms with Crippen LogP contribution in [-0.2, 0) is 0 Å². The van der Waals surface area contributed by atoms with E-state index in [4.69, 9.17) is 10.3 Å². The number of nitrogens with two attached hydrogens (primary N) is 1. The van der Waals surface area contributed by atoms with Crippen LogP contribution in [0, 0.1) is 13.8 Å². The van der Waals surface area contributed by atoms with Crippen LogP contribution in [0.1, 0.15) is 10.7 Å². The number of hydrogen-bond acceptors (Lipinski definition) is 6. The van der Waals surface area contributed by atoms with Gasteiger partial charge in [-0.25, -0.2) is 4.98 Å². The average molecular weight is 272 g/mol. The summed E-state index contributed by atoms with van der Waals surface area (Å²) in [6.07, 6.45) is 3.44. The molecule has 0 amide bonds. The summed E-state index contributed by atoms with van der Waals surface area (Å²) in [4.78, 5) is 9.38. The number of nitrogens with zero attached hydrogens (tertiary/aromatic N) is 3. The largest absolute Gasteiger partial charge is 0.380 e. The van der Waals surface area contributed by atoms with Crippen molar-refractivity contribution >= 4 is 17.2 Å². The second kappa shape index (κ2) is 4.47. The van der Waals surface area contributed by atoms with E-state index in [2.05, 4.69) is 15.1 Å². The zero-order chi connectivity index (χ0) is 13.4. The molecule has 0 atom stereocenters. The topological polar surface area (TPSA) is 77.8 Å². The predicted molar refractivity (Wildman–Crippen MR) is 74.7 cm³/mol. The third-order valence-electron chi connectivity index (χ3n) is 2.80. The lowest BCUT2D eigenvalue weighted by Crippen LogP contribution is -1.89. The van der Waals surface area contributed by atoms with Crippen molar-refractivity contribution < 1.29 is 4.52 Å². The lowest BCUT2D eigenvalue weighted by Gasteiger charge is -2.00. The van der Waals surface area contributed by atoms with Crippen LogP contribution in [0.5, 0.6) is 0 Å². The van der Waals surface area contributed by atoms with Crippen molar-refractivity contribution in [3.8, 4) is 21.8 Å². The number of aryl methyl sites for hydroxylation is 2. The summed E-state index contributed by atoms with van der Waals surface area (Å²) in [5.41, 5.74) is 8.59. The minimum absolute atomic E-state index is 0.381. The molecule has 0 spiro atoms. The van der Waals surface area contributed by atoms with E-state index in [1.807, 2.05) is 26.0 Å². The monoisotopic (exact) mass is 272 g/mol. The second-order valence-electron chi connectivity index (χ2n) is 4.16. The molecule has 3 rings (SSSR count). The highest BCUT2D eigenvalue weighted by molar-refractivity contribution is 7.15. The number of thiazole rings is 1. The van der Waals surface area contributed by atoms with Gasteiger partial charge in [-0.2, -0.15) is 0 Å². The highest BCUT2D eigenvalue weighted by Gasteiger charge is 2.21. The Morgan fingerprint density at radius 2 is 1.95 bits per heavy atom. The van der Waals surface area contributed by atoms with E-state index in [-0.39, 0.29) is 0 Å². The van der Waals surface area contributed by atoms with Crippen LogP contribution in [0.2, 0.25) is 0 Å². The van der Waals surface area contributed by atoms with Crippen LogP contribution in [0.4, 0.5) is 5.82 Å². The second-order valence-corrected chi connectivity index (χ2v) is 5.36. The van der Waals surface area contributed by atoms with Gasteiger partial charge < -0.3 is 10.3 Å². The Labute approximate surface area is 114 Å². The first kappa shape index (κ1) is 11.9. The Balaban J connectivity index is 2.22. The minimum atomic E-state index is 0.381. The van der Waals surface area contributed by atoms with E-state index < -0.39 is 0 Å². The molecule has 6 heteroatoms. The normalized spacial score (nSPS) is 10.8. The lowest BCUT2D eigenvalue weighted by atomic mass is 10.1. The van der Waals surface area contributed by atoms with Crippen LogP contribution < -0.4 is 5.73 Å². The van der Waals surface area contributed by atoms with Gasteiger partial charge >= 0.3 is 0 Å². The van der Waals surface area contributed by atoms with E-state index in [0.29, 0.717) is 11.6 Å². The molecule has 0 aliphatic rings. The van der Waals surface area contributed by atoms with Crippen molar-refractivity contribution in [2.45, 2.75) is 13.8 Å². The van der Waals surface area contributed by atoms with E-state index in [0.717, 1.165) is 26.7 Å². The van der Waals surface area contributed by atoms with Crippen molar-refractivity contribution in [3.05, 3.63) is 35.2 Å².